The first-order valence-corrected chi connectivity index (χ1v) is 9.29. The molecule has 2 unspecified atom stereocenters. The van der Waals surface area contributed by atoms with Gasteiger partial charge in [-0.2, -0.15) is 0 Å². The number of aromatic nitrogens is 2. The van der Waals surface area contributed by atoms with Crippen LogP contribution >= 0.6 is 0 Å². The first kappa shape index (κ1) is 17.5. The van der Waals surface area contributed by atoms with Gasteiger partial charge in [0, 0.05) is 5.56 Å². The molecular weight excluding hydrogens is 340 g/mol. The minimum Gasteiger partial charge on any atom is -0.481 e. The Hall–Kier alpha value is -2.95. The number of aliphatic carboxylic acids is 1. The number of nitrogens with zero attached hydrogens (tertiary/aromatic N) is 2. The normalized spacial score (nSPS) is 22.5. The number of carbonyl (C=O) groups is 1. The smallest absolute Gasteiger partial charge is 0.315 e. The van der Waals surface area contributed by atoms with Crippen molar-refractivity contribution in [2.75, 3.05) is 0 Å². The van der Waals surface area contributed by atoms with Gasteiger partial charge in [0.15, 0.2) is 0 Å². The van der Waals surface area contributed by atoms with Crippen LogP contribution in [-0.2, 0) is 11.2 Å². The van der Waals surface area contributed by atoms with Crippen molar-refractivity contribution in [3.8, 4) is 0 Å². The molecule has 1 aliphatic carbocycles. The van der Waals surface area contributed by atoms with E-state index >= 15 is 0 Å². The molecule has 2 atom stereocenters. The van der Waals surface area contributed by atoms with Crippen molar-refractivity contribution in [1.82, 2.24) is 9.55 Å². The molecule has 0 saturated heterocycles. The van der Waals surface area contributed by atoms with Gasteiger partial charge in [0.1, 0.15) is 11.2 Å². The van der Waals surface area contributed by atoms with E-state index in [-0.39, 0.29) is 11.6 Å². The number of hydrogen-bond donors (Lipinski definition) is 1. The number of benzene rings is 1. The number of fused-ring (bicyclic) bond motifs is 3. The van der Waals surface area contributed by atoms with E-state index in [4.69, 9.17) is 4.98 Å². The van der Waals surface area contributed by atoms with Crippen LogP contribution in [0.25, 0.3) is 18.2 Å². The van der Waals surface area contributed by atoms with Crippen LogP contribution in [0.3, 0.4) is 0 Å². The van der Waals surface area contributed by atoms with Gasteiger partial charge in [-0.05, 0) is 37.5 Å². The van der Waals surface area contributed by atoms with Gasteiger partial charge in [-0.1, -0.05) is 55.3 Å². The van der Waals surface area contributed by atoms with Crippen molar-refractivity contribution in [2.45, 2.75) is 39.2 Å². The molecule has 5 heteroatoms. The zero-order valence-electron chi connectivity index (χ0n) is 15.5. The summed E-state index contributed by atoms with van der Waals surface area (Å²) in [6.07, 6.45) is 9.13. The van der Waals surface area contributed by atoms with Crippen molar-refractivity contribution in [1.29, 1.82) is 0 Å². The average Bonchev–Trinajstić information content (AvgIpc) is 3.39. The van der Waals surface area contributed by atoms with Gasteiger partial charge in [0.2, 0.25) is 0 Å². The Morgan fingerprint density at radius 1 is 1.41 bits per heavy atom. The number of hydrogen-bond acceptors (Lipinski definition) is 3. The van der Waals surface area contributed by atoms with E-state index in [1.165, 1.54) is 5.56 Å². The highest BCUT2D eigenvalue weighted by Crippen LogP contribution is 2.59. The fourth-order valence-corrected chi connectivity index (χ4v) is 3.88. The lowest BCUT2D eigenvalue weighted by molar-refractivity contribution is -0.141. The zero-order valence-corrected chi connectivity index (χ0v) is 15.5. The van der Waals surface area contributed by atoms with Crippen LogP contribution in [0.4, 0.5) is 0 Å². The van der Waals surface area contributed by atoms with E-state index in [0.717, 1.165) is 12.0 Å². The summed E-state index contributed by atoms with van der Waals surface area (Å²) in [6.45, 7) is 4.06. The summed E-state index contributed by atoms with van der Waals surface area (Å²) in [5.41, 5.74) is 2.52. The third-order valence-corrected chi connectivity index (χ3v) is 5.45. The number of rotatable bonds is 5. The predicted octanol–water partition coefficient (Wildman–Crippen LogP) is 3.72. The summed E-state index contributed by atoms with van der Waals surface area (Å²) in [7, 11) is 0. The van der Waals surface area contributed by atoms with E-state index in [2.05, 4.69) is 6.07 Å². The second-order valence-electron chi connectivity index (χ2n) is 7.41. The van der Waals surface area contributed by atoms with Crippen LogP contribution in [0.5, 0.6) is 0 Å². The van der Waals surface area contributed by atoms with Crippen molar-refractivity contribution < 1.29 is 9.90 Å². The third kappa shape index (κ3) is 2.83. The van der Waals surface area contributed by atoms with E-state index < -0.39 is 11.4 Å². The molecule has 1 fully saturated rings. The molecule has 2 heterocycles. The maximum atomic E-state index is 13.2. The van der Waals surface area contributed by atoms with E-state index in [1.807, 2.05) is 44.2 Å². The molecule has 1 aromatic heterocycles. The lowest BCUT2D eigenvalue weighted by Gasteiger charge is -2.19. The van der Waals surface area contributed by atoms with Gasteiger partial charge in [0.05, 0.1) is 11.7 Å². The first-order valence-electron chi connectivity index (χ1n) is 9.29. The van der Waals surface area contributed by atoms with Crippen LogP contribution in [0.2, 0.25) is 0 Å². The predicted molar refractivity (Wildman–Crippen MR) is 105 cm³/mol. The minimum atomic E-state index is -0.930. The quantitative estimate of drug-likeness (QED) is 0.880. The first-order chi connectivity index (χ1) is 13.0. The Kier molecular flexibility index (Phi) is 4.10. The highest BCUT2D eigenvalue weighted by molar-refractivity contribution is 5.84. The monoisotopic (exact) mass is 362 g/mol. The molecule has 0 spiro atoms. The Bertz CT molecular complexity index is 1050. The molecule has 0 amide bonds. The Morgan fingerprint density at radius 3 is 2.93 bits per heavy atom. The summed E-state index contributed by atoms with van der Waals surface area (Å²) in [5.74, 6) is -0.329. The Labute approximate surface area is 157 Å². The second-order valence-corrected chi connectivity index (χ2v) is 7.41. The van der Waals surface area contributed by atoms with Gasteiger partial charge >= 0.3 is 5.97 Å². The molecule has 0 bridgehead atoms. The largest absolute Gasteiger partial charge is 0.481 e. The summed E-state index contributed by atoms with van der Waals surface area (Å²) in [6, 6.07) is 7.81. The highest BCUT2D eigenvalue weighted by atomic mass is 16.4. The zero-order chi connectivity index (χ0) is 19.2. The van der Waals surface area contributed by atoms with Crippen molar-refractivity contribution in [3.63, 3.8) is 0 Å². The van der Waals surface area contributed by atoms with Crippen LogP contribution in [0.1, 0.15) is 54.0 Å². The third-order valence-electron chi connectivity index (χ3n) is 5.45. The maximum absolute atomic E-state index is 13.2. The van der Waals surface area contributed by atoms with E-state index in [1.54, 1.807) is 16.7 Å². The topological polar surface area (TPSA) is 72.2 Å². The average molecular weight is 362 g/mol. The Balaban J connectivity index is 1.79. The second kappa shape index (κ2) is 6.34. The molecule has 27 heavy (non-hydrogen) atoms. The van der Waals surface area contributed by atoms with E-state index in [9.17, 15) is 14.7 Å². The van der Waals surface area contributed by atoms with Crippen LogP contribution in [0.15, 0.2) is 35.1 Å². The minimum absolute atomic E-state index is 0.108. The molecule has 2 aromatic rings. The lowest BCUT2D eigenvalue weighted by Crippen LogP contribution is -2.32. The molecule has 1 aromatic carbocycles. The van der Waals surface area contributed by atoms with Gasteiger partial charge in [-0.15, -0.1) is 0 Å². The van der Waals surface area contributed by atoms with Crippen molar-refractivity contribution in [3.05, 3.63) is 68.9 Å². The molecule has 2 aliphatic rings. The molecule has 5 nitrogen and oxygen atoms in total. The van der Waals surface area contributed by atoms with Gasteiger partial charge in [0.25, 0.3) is 5.56 Å². The summed E-state index contributed by atoms with van der Waals surface area (Å²) < 4.78 is 1.59. The molecule has 138 valence electrons. The molecule has 1 saturated carbocycles. The molecular formula is C22H22N2O3. The SMILES string of the molecule is CCCc1c(/C=C/c2cccc(C)c2)nc2n(c1=O)C1CC1(C(=O)O)C=C2. The summed E-state index contributed by atoms with van der Waals surface area (Å²) >= 11 is 0. The van der Waals surface area contributed by atoms with Gasteiger partial charge in [-0.25, -0.2) is 4.98 Å². The van der Waals surface area contributed by atoms with E-state index in [0.29, 0.717) is 29.9 Å². The van der Waals surface area contributed by atoms with Crippen LogP contribution in [-0.4, -0.2) is 20.6 Å². The standard InChI is InChI=1S/C22H22N2O3/c1-3-5-16-17(9-8-15-7-4-6-14(2)12-15)23-19-10-11-22(21(26)27)13-18(22)24(19)20(16)25/h4,6-12,18H,3,5,13H2,1-2H3,(H,26,27)/b9-8+. The molecule has 1 N–H and O–H groups in total. The summed E-state index contributed by atoms with van der Waals surface area (Å²) in [5, 5.41) is 9.52. The van der Waals surface area contributed by atoms with Crippen LogP contribution < -0.4 is 5.56 Å². The number of aryl methyl sites for hydroxylation is 1. The van der Waals surface area contributed by atoms with Crippen LogP contribution in [0, 0.1) is 12.3 Å². The molecule has 1 aliphatic heterocycles. The number of carboxylic acid groups (broad SMARTS) is 1. The fourth-order valence-electron chi connectivity index (χ4n) is 3.88. The lowest BCUT2D eigenvalue weighted by atomic mass is 10.0. The summed E-state index contributed by atoms with van der Waals surface area (Å²) in [4.78, 5) is 29.5. The number of carboxylic acids is 1. The van der Waals surface area contributed by atoms with Crippen molar-refractivity contribution in [2.24, 2.45) is 5.41 Å². The fraction of sp³-hybridized carbons (Fsp3) is 0.318. The van der Waals surface area contributed by atoms with Gasteiger partial charge < -0.3 is 5.11 Å². The van der Waals surface area contributed by atoms with Gasteiger partial charge in [-0.3, -0.25) is 14.2 Å². The van der Waals surface area contributed by atoms with Crippen molar-refractivity contribution >= 4 is 24.2 Å². The highest BCUT2D eigenvalue weighted by Gasteiger charge is 2.62. The molecule has 0 radical (unpaired) electrons. The maximum Gasteiger partial charge on any atom is 0.315 e. The Morgan fingerprint density at radius 2 is 2.22 bits per heavy atom. The molecule has 4 rings (SSSR count).